The van der Waals surface area contributed by atoms with E-state index in [1.165, 1.54) is 6.20 Å². The van der Waals surface area contributed by atoms with Crippen LogP contribution in [0.4, 0.5) is 4.39 Å². The smallest absolute Gasteiger partial charge is 0.227 e. The van der Waals surface area contributed by atoms with Gasteiger partial charge in [0, 0.05) is 15.4 Å². The number of halogens is 1. The van der Waals surface area contributed by atoms with Crippen LogP contribution in [0, 0.1) is 5.82 Å². The first-order valence-electron chi connectivity index (χ1n) is 8.93. The zero-order chi connectivity index (χ0) is 21.2. The number of nitrogens with zero attached hydrogens (tertiary/aromatic N) is 3. The van der Waals surface area contributed by atoms with E-state index in [0.717, 1.165) is 11.3 Å². The highest BCUT2D eigenvalue weighted by Gasteiger charge is 2.21. The van der Waals surface area contributed by atoms with E-state index in [-0.39, 0.29) is 22.6 Å². The summed E-state index contributed by atoms with van der Waals surface area (Å²) in [7, 11) is -1.98. The predicted molar refractivity (Wildman–Crippen MR) is 107 cm³/mol. The highest BCUT2D eigenvalue weighted by molar-refractivity contribution is 7.77. The molecule has 0 fully saturated rings. The van der Waals surface area contributed by atoms with Crippen molar-refractivity contribution in [1.29, 1.82) is 0 Å². The van der Waals surface area contributed by atoms with Crippen LogP contribution in [0.15, 0.2) is 20.3 Å². The lowest BCUT2D eigenvalue weighted by atomic mass is 9.90. The molecule has 0 atom stereocenters. The highest BCUT2D eigenvalue weighted by Crippen LogP contribution is 2.29. The van der Waals surface area contributed by atoms with Crippen LogP contribution in [0.3, 0.4) is 0 Å². The van der Waals surface area contributed by atoms with Crippen molar-refractivity contribution in [3.8, 4) is 0 Å². The van der Waals surface area contributed by atoms with Gasteiger partial charge in [0.15, 0.2) is 0 Å². The van der Waals surface area contributed by atoms with Gasteiger partial charge in [-0.2, -0.15) is 0 Å². The molecular weight excluding hydrogens is 401 g/mol. The molecule has 1 N–H and O–H groups in total. The Morgan fingerprint density at radius 2 is 1.96 bits per heavy atom. The molecule has 28 heavy (non-hydrogen) atoms. The third kappa shape index (κ3) is 5.21. The number of hydrogen-bond acceptors (Lipinski definition) is 7. The Balaban J connectivity index is 2.37. The predicted octanol–water partition coefficient (Wildman–Crippen LogP) is 4.43. The Bertz CT molecular complexity index is 956. The number of aromatic nitrogens is 2. The van der Waals surface area contributed by atoms with Gasteiger partial charge in [-0.15, -0.1) is 21.9 Å². The number of carbonyl (C=O) groups excluding carboxylic acids is 1. The minimum Gasteiger partial charge on any atom is -0.437 e. The van der Waals surface area contributed by atoms with Crippen molar-refractivity contribution in [1.82, 2.24) is 9.97 Å². The lowest BCUT2D eigenvalue weighted by Crippen LogP contribution is -2.15. The van der Waals surface area contributed by atoms with Crippen LogP contribution in [-0.4, -0.2) is 21.0 Å². The van der Waals surface area contributed by atoms with Crippen LogP contribution in [-0.2, 0) is 31.6 Å². The van der Waals surface area contributed by atoms with Crippen LogP contribution in [0.2, 0.25) is 0 Å². The van der Waals surface area contributed by atoms with Gasteiger partial charge in [0.1, 0.15) is 11.4 Å². The molecule has 2 heterocycles. The monoisotopic (exact) mass is 426 g/mol. The minimum atomic E-state index is -1.98. The van der Waals surface area contributed by atoms with Crippen molar-refractivity contribution in [3.63, 3.8) is 0 Å². The van der Waals surface area contributed by atoms with Gasteiger partial charge in [-0.05, 0) is 36.8 Å². The summed E-state index contributed by atoms with van der Waals surface area (Å²) < 4.78 is 30.6. The number of thiazole rings is 1. The maximum Gasteiger partial charge on any atom is 0.227 e. The fraction of sp³-hybridized carbons (Fsp3) is 0.526. The van der Waals surface area contributed by atoms with Crippen molar-refractivity contribution in [3.05, 3.63) is 39.9 Å². The van der Waals surface area contributed by atoms with Crippen LogP contribution < -0.4 is 0 Å². The Kier molecular flexibility index (Phi) is 7.06. The lowest BCUT2D eigenvalue weighted by Gasteiger charge is -2.18. The van der Waals surface area contributed by atoms with Gasteiger partial charge in [-0.3, -0.25) is 14.8 Å². The molecule has 0 aliphatic carbocycles. The number of carbonyl (C=O) groups is 1. The molecule has 2 aromatic rings. The molecule has 154 valence electrons. The van der Waals surface area contributed by atoms with Gasteiger partial charge in [0.05, 0.1) is 18.3 Å². The lowest BCUT2D eigenvalue weighted by molar-refractivity contribution is -0.117. The fourth-order valence-electron chi connectivity index (χ4n) is 2.80. The highest BCUT2D eigenvalue weighted by atomic mass is 32.2. The second-order valence-electron chi connectivity index (χ2n) is 7.66. The van der Waals surface area contributed by atoms with E-state index >= 15 is 0 Å². The maximum atomic E-state index is 14.3. The molecule has 2 aromatic heterocycles. The minimum absolute atomic E-state index is 0.000274. The molecule has 0 saturated carbocycles. The average molecular weight is 427 g/mol. The Morgan fingerprint density at radius 3 is 2.46 bits per heavy atom. The summed E-state index contributed by atoms with van der Waals surface area (Å²) in [6, 6.07) is 0. The van der Waals surface area contributed by atoms with Crippen LogP contribution in [0.1, 0.15) is 75.9 Å². The van der Waals surface area contributed by atoms with Gasteiger partial charge >= 0.3 is 0 Å². The van der Waals surface area contributed by atoms with Crippen molar-refractivity contribution < 1.29 is 18.5 Å². The maximum absolute atomic E-state index is 14.3. The van der Waals surface area contributed by atoms with Crippen LogP contribution >= 0.6 is 11.3 Å². The first kappa shape index (κ1) is 22.6. The number of pyridine rings is 1. The topological polar surface area (TPSA) is 92.5 Å². The van der Waals surface area contributed by atoms with Crippen molar-refractivity contribution >= 4 is 27.8 Å². The molecular formula is C19H25FN3O3S2-. The number of rotatable bonds is 6. The van der Waals surface area contributed by atoms with Gasteiger partial charge in [0.25, 0.3) is 0 Å². The summed E-state index contributed by atoms with van der Waals surface area (Å²) >= 11 is 1.06. The largest absolute Gasteiger partial charge is 0.437 e. The molecule has 0 unspecified atom stereocenters. The van der Waals surface area contributed by atoms with Gasteiger partial charge in [-0.25, -0.2) is 4.39 Å². The first-order chi connectivity index (χ1) is 12.9. The fourth-order valence-corrected chi connectivity index (χ4v) is 4.59. The van der Waals surface area contributed by atoms with Gasteiger partial charge in [-0.1, -0.05) is 27.7 Å². The van der Waals surface area contributed by atoms with E-state index in [9.17, 15) is 18.5 Å². The van der Waals surface area contributed by atoms with Crippen LogP contribution in [0.5, 0.6) is 0 Å². The van der Waals surface area contributed by atoms with Gasteiger partial charge < -0.3 is 13.7 Å². The number of aliphatic hydroxyl groups is 1. The van der Waals surface area contributed by atoms with Crippen molar-refractivity contribution in [2.75, 3.05) is 0 Å². The first-order valence-corrected chi connectivity index (χ1v) is 10.9. The summed E-state index contributed by atoms with van der Waals surface area (Å²) in [6.07, 6.45) is 1.00. The number of amides is 1. The molecule has 0 aromatic carbocycles. The summed E-state index contributed by atoms with van der Waals surface area (Å²) in [5, 5.41) is 11.5. The molecule has 2 rings (SSSR count). The molecule has 6 nitrogen and oxygen atoms in total. The zero-order valence-corrected chi connectivity index (χ0v) is 18.4. The quantitative estimate of drug-likeness (QED) is 0.690. The average Bonchev–Trinajstić information content (AvgIpc) is 3.04. The van der Waals surface area contributed by atoms with E-state index in [2.05, 4.69) is 14.3 Å². The SMILES string of the molecule is CC(C)c1ncc(F)c(C(C)C)c1CC(=O)N=[S-](=O)c1nc(C(C)(C)O)cs1. The van der Waals surface area contributed by atoms with Crippen molar-refractivity contribution in [2.45, 2.75) is 69.7 Å². The third-order valence-electron chi connectivity index (χ3n) is 4.10. The Morgan fingerprint density at radius 1 is 1.32 bits per heavy atom. The molecule has 0 aliphatic rings. The molecule has 0 radical (unpaired) electrons. The normalized spacial score (nSPS) is 13.5. The molecule has 0 bridgehead atoms. The van der Waals surface area contributed by atoms with E-state index in [1.54, 1.807) is 19.2 Å². The summed E-state index contributed by atoms with van der Waals surface area (Å²) in [5.74, 6) is -1.23. The number of hydrogen-bond donors (Lipinski definition) is 1. The molecule has 1 amide bonds. The molecule has 0 spiro atoms. The Hall–Kier alpha value is -1.71. The van der Waals surface area contributed by atoms with E-state index < -0.39 is 27.9 Å². The van der Waals surface area contributed by atoms with E-state index in [4.69, 9.17) is 0 Å². The molecule has 0 saturated heterocycles. The summed E-state index contributed by atoms with van der Waals surface area (Å²) in [4.78, 5) is 20.7. The third-order valence-corrected chi connectivity index (χ3v) is 6.21. The standard InChI is InChI=1S/C19H25FN3O3S2/c1-10(2)16-12(17(11(3)4)21-8-13(16)20)7-15(24)23-28(26)18-22-14(9-27-18)19(5,6)25/h8-11,25H,7H2,1-6H3/q-1. The second kappa shape index (κ2) is 8.75. The summed E-state index contributed by atoms with van der Waals surface area (Å²) in [6.45, 7) is 10.7. The second-order valence-corrected chi connectivity index (χ2v) is 9.85. The van der Waals surface area contributed by atoms with E-state index in [1.807, 2.05) is 27.7 Å². The van der Waals surface area contributed by atoms with Gasteiger partial charge in [0.2, 0.25) is 5.91 Å². The molecule has 0 aliphatic heterocycles. The molecule has 9 heteroatoms. The van der Waals surface area contributed by atoms with E-state index in [0.29, 0.717) is 22.5 Å². The Labute approximate surface area is 170 Å². The zero-order valence-electron chi connectivity index (χ0n) is 16.8. The van der Waals surface area contributed by atoms with Crippen molar-refractivity contribution in [2.24, 2.45) is 4.36 Å². The summed E-state index contributed by atoms with van der Waals surface area (Å²) in [5.41, 5.74) is 0.771. The van der Waals surface area contributed by atoms with Crippen LogP contribution in [0.25, 0.3) is 0 Å².